The molecule has 0 aliphatic heterocycles. The molecule has 1 unspecified atom stereocenters. The summed E-state index contributed by atoms with van der Waals surface area (Å²) in [6, 6.07) is 14.8. The highest BCUT2D eigenvalue weighted by atomic mass is 32.2. The van der Waals surface area contributed by atoms with Gasteiger partial charge in [-0.15, -0.1) is 0 Å². The lowest BCUT2D eigenvalue weighted by Crippen LogP contribution is -2.10. The molecule has 0 bridgehead atoms. The summed E-state index contributed by atoms with van der Waals surface area (Å²) in [7, 11) is -1.01. The summed E-state index contributed by atoms with van der Waals surface area (Å²) in [5.74, 6) is -0.0110. The highest BCUT2D eigenvalue weighted by Gasteiger charge is 2.13. The Morgan fingerprint density at radius 1 is 0.913 bits per heavy atom. The van der Waals surface area contributed by atoms with Crippen molar-refractivity contribution in [2.75, 3.05) is 0 Å². The average Bonchev–Trinajstić information content (AvgIpc) is 2.47. The second-order valence-electron chi connectivity index (χ2n) is 6.68. The van der Waals surface area contributed by atoms with E-state index in [0.29, 0.717) is 11.5 Å². The van der Waals surface area contributed by atoms with Crippen molar-refractivity contribution >= 4 is 16.8 Å². The molecule has 0 heterocycles. The SMILES string of the molecule is CC(C)(C)c1ccc(CS(=O)Cc2ccc(C(=O)O)cc2)cc1. The van der Waals surface area contributed by atoms with Crippen molar-refractivity contribution in [1.29, 1.82) is 0 Å². The summed E-state index contributed by atoms with van der Waals surface area (Å²) < 4.78 is 12.3. The maximum Gasteiger partial charge on any atom is 0.335 e. The molecule has 0 aliphatic carbocycles. The van der Waals surface area contributed by atoms with Gasteiger partial charge in [-0.3, -0.25) is 4.21 Å². The molecular formula is C19H22O3S. The molecular weight excluding hydrogens is 308 g/mol. The normalized spacial score (nSPS) is 12.8. The van der Waals surface area contributed by atoms with Gasteiger partial charge in [-0.2, -0.15) is 0 Å². The van der Waals surface area contributed by atoms with E-state index in [4.69, 9.17) is 5.11 Å². The molecule has 2 aromatic rings. The topological polar surface area (TPSA) is 54.4 Å². The Hall–Kier alpha value is -1.94. The van der Waals surface area contributed by atoms with Gasteiger partial charge in [0.15, 0.2) is 0 Å². The minimum atomic E-state index is -1.01. The largest absolute Gasteiger partial charge is 0.478 e. The number of carbonyl (C=O) groups is 1. The molecule has 1 atom stereocenters. The number of aromatic carboxylic acids is 1. The Kier molecular flexibility index (Phi) is 5.37. The number of carboxylic acid groups (broad SMARTS) is 1. The summed E-state index contributed by atoms with van der Waals surface area (Å²) in [5.41, 5.74) is 3.57. The van der Waals surface area contributed by atoms with Gasteiger partial charge in [0.05, 0.1) is 5.56 Å². The lowest BCUT2D eigenvalue weighted by Gasteiger charge is -2.19. The van der Waals surface area contributed by atoms with Crippen LogP contribution in [-0.4, -0.2) is 15.3 Å². The van der Waals surface area contributed by atoms with E-state index >= 15 is 0 Å². The van der Waals surface area contributed by atoms with E-state index < -0.39 is 16.8 Å². The fraction of sp³-hybridized carbons (Fsp3) is 0.316. The van der Waals surface area contributed by atoms with Crippen LogP contribution in [0.1, 0.15) is 47.8 Å². The highest BCUT2D eigenvalue weighted by molar-refractivity contribution is 7.83. The summed E-state index contributed by atoms with van der Waals surface area (Å²) in [5, 5.41) is 8.87. The van der Waals surface area contributed by atoms with Crippen molar-refractivity contribution in [2.24, 2.45) is 0 Å². The van der Waals surface area contributed by atoms with Crippen molar-refractivity contribution in [3.8, 4) is 0 Å². The fourth-order valence-electron chi connectivity index (χ4n) is 2.27. The molecule has 0 saturated carbocycles. The lowest BCUT2D eigenvalue weighted by atomic mass is 9.87. The minimum absolute atomic E-state index is 0.115. The Morgan fingerprint density at radius 2 is 1.35 bits per heavy atom. The summed E-state index contributed by atoms with van der Waals surface area (Å²) in [6.07, 6.45) is 0. The Labute approximate surface area is 139 Å². The first kappa shape index (κ1) is 17.4. The average molecular weight is 330 g/mol. The van der Waals surface area contributed by atoms with Crippen molar-refractivity contribution in [1.82, 2.24) is 0 Å². The highest BCUT2D eigenvalue weighted by Crippen LogP contribution is 2.22. The second kappa shape index (κ2) is 7.09. The molecule has 0 aromatic heterocycles. The van der Waals surface area contributed by atoms with Crippen LogP contribution in [0.2, 0.25) is 0 Å². The predicted octanol–water partition coefficient (Wildman–Crippen LogP) is 4.13. The van der Waals surface area contributed by atoms with E-state index in [-0.39, 0.29) is 11.0 Å². The van der Waals surface area contributed by atoms with Crippen LogP contribution in [-0.2, 0) is 27.7 Å². The maximum absolute atomic E-state index is 12.3. The molecule has 0 spiro atoms. The van der Waals surface area contributed by atoms with Gasteiger partial charge in [-0.25, -0.2) is 4.79 Å². The monoisotopic (exact) mass is 330 g/mol. The second-order valence-corrected chi connectivity index (χ2v) is 8.13. The molecule has 0 saturated heterocycles. The standard InChI is InChI=1S/C19H22O3S/c1-19(2,3)17-10-6-15(7-11-17)13-23(22)12-14-4-8-16(9-5-14)18(20)21/h4-11H,12-13H2,1-3H3,(H,20,21). The van der Waals surface area contributed by atoms with E-state index in [1.165, 1.54) is 5.56 Å². The van der Waals surface area contributed by atoms with E-state index in [1.54, 1.807) is 24.3 Å². The Balaban J connectivity index is 1.98. The molecule has 0 radical (unpaired) electrons. The van der Waals surface area contributed by atoms with Crippen LogP contribution in [0.25, 0.3) is 0 Å². The summed E-state index contributed by atoms with van der Waals surface area (Å²) >= 11 is 0. The Morgan fingerprint density at radius 3 is 1.74 bits per heavy atom. The third-order valence-corrected chi connectivity index (χ3v) is 4.99. The van der Waals surface area contributed by atoms with Crippen LogP contribution in [0.15, 0.2) is 48.5 Å². The number of carboxylic acids is 1. The van der Waals surface area contributed by atoms with E-state index in [1.807, 2.05) is 12.1 Å². The first-order valence-corrected chi connectivity index (χ1v) is 9.01. The van der Waals surface area contributed by atoms with Crippen LogP contribution in [0.3, 0.4) is 0 Å². The van der Waals surface area contributed by atoms with E-state index in [9.17, 15) is 9.00 Å². The number of rotatable bonds is 5. The van der Waals surface area contributed by atoms with Crippen LogP contribution in [0, 0.1) is 0 Å². The van der Waals surface area contributed by atoms with Crippen LogP contribution in [0.4, 0.5) is 0 Å². The van der Waals surface area contributed by atoms with Gasteiger partial charge in [-0.05, 0) is 34.2 Å². The molecule has 3 nitrogen and oxygen atoms in total. The van der Waals surface area contributed by atoms with Gasteiger partial charge in [0.2, 0.25) is 0 Å². The van der Waals surface area contributed by atoms with Crippen LogP contribution in [0.5, 0.6) is 0 Å². The number of hydrogen-bond donors (Lipinski definition) is 1. The van der Waals surface area contributed by atoms with Gasteiger partial charge in [0, 0.05) is 22.3 Å². The van der Waals surface area contributed by atoms with Gasteiger partial charge in [-0.1, -0.05) is 57.2 Å². The predicted molar refractivity (Wildman–Crippen MR) is 94.1 cm³/mol. The quantitative estimate of drug-likeness (QED) is 0.897. The molecule has 122 valence electrons. The fourth-order valence-corrected chi connectivity index (χ4v) is 3.50. The number of hydrogen-bond acceptors (Lipinski definition) is 2. The van der Waals surface area contributed by atoms with Crippen LogP contribution < -0.4 is 0 Å². The smallest absolute Gasteiger partial charge is 0.335 e. The molecule has 4 heteroatoms. The zero-order valence-corrected chi connectivity index (χ0v) is 14.5. The molecule has 2 aromatic carbocycles. The van der Waals surface area contributed by atoms with E-state index in [2.05, 4.69) is 32.9 Å². The molecule has 2 rings (SSSR count). The van der Waals surface area contributed by atoms with Gasteiger partial charge in [0.1, 0.15) is 0 Å². The van der Waals surface area contributed by atoms with Crippen molar-refractivity contribution in [3.63, 3.8) is 0 Å². The van der Waals surface area contributed by atoms with Crippen LogP contribution >= 0.6 is 0 Å². The first-order chi connectivity index (χ1) is 10.8. The summed E-state index contributed by atoms with van der Waals surface area (Å²) in [6.45, 7) is 6.50. The van der Waals surface area contributed by atoms with Crippen molar-refractivity contribution < 1.29 is 14.1 Å². The van der Waals surface area contributed by atoms with Gasteiger partial charge in [0.25, 0.3) is 0 Å². The molecule has 0 amide bonds. The van der Waals surface area contributed by atoms with Crippen molar-refractivity contribution in [3.05, 3.63) is 70.8 Å². The molecule has 0 aliphatic rings. The van der Waals surface area contributed by atoms with Crippen molar-refractivity contribution in [2.45, 2.75) is 37.7 Å². The number of benzene rings is 2. The first-order valence-electron chi connectivity index (χ1n) is 7.52. The third kappa shape index (κ3) is 5.03. The van der Waals surface area contributed by atoms with Gasteiger partial charge >= 0.3 is 5.97 Å². The maximum atomic E-state index is 12.3. The molecule has 23 heavy (non-hydrogen) atoms. The minimum Gasteiger partial charge on any atom is -0.478 e. The Bertz CT molecular complexity index is 695. The lowest BCUT2D eigenvalue weighted by molar-refractivity contribution is 0.0697. The van der Waals surface area contributed by atoms with E-state index in [0.717, 1.165) is 11.1 Å². The van der Waals surface area contributed by atoms with Gasteiger partial charge < -0.3 is 5.11 Å². The third-order valence-electron chi connectivity index (χ3n) is 3.68. The zero-order chi connectivity index (χ0) is 17.0. The zero-order valence-electron chi connectivity index (χ0n) is 13.7. The molecule has 0 fully saturated rings. The molecule has 1 N–H and O–H groups in total. The summed E-state index contributed by atoms with van der Waals surface area (Å²) in [4.78, 5) is 10.8.